The molecule has 0 fully saturated rings. The van der Waals surface area contributed by atoms with E-state index in [-0.39, 0.29) is 17.0 Å². The van der Waals surface area contributed by atoms with Gasteiger partial charge in [-0.15, -0.1) is 0 Å². The Labute approximate surface area is 96.8 Å². The van der Waals surface area contributed by atoms with E-state index in [0.29, 0.717) is 0 Å². The highest BCUT2D eigenvalue weighted by molar-refractivity contribution is 6.04. The Bertz CT molecular complexity index is 429. The molecule has 0 aliphatic rings. The van der Waals surface area contributed by atoms with Crippen LogP contribution < -0.4 is 11.1 Å². The molecule has 3 nitrogen and oxygen atoms in total. The third-order valence-electron chi connectivity index (χ3n) is 2.47. The highest BCUT2D eigenvalue weighted by atomic mass is 19.4. The summed E-state index contributed by atoms with van der Waals surface area (Å²) < 4.78 is 37.1. The van der Waals surface area contributed by atoms with Crippen molar-refractivity contribution in [3.63, 3.8) is 0 Å². The maximum Gasteiger partial charge on any atom is 0.416 e. The first kappa shape index (κ1) is 13.5. The molecule has 0 radical (unpaired) electrons. The molecule has 94 valence electrons. The first-order chi connectivity index (χ1) is 7.77. The molecule has 1 rings (SSSR count). The number of likely N-dealkylation sites (N-methyl/N-ethyl adjacent to an activating group) is 1. The van der Waals surface area contributed by atoms with Gasteiger partial charge in [0.1, 0.15) is 0 Å². The fourth-order valence-corrected chi connectivity index (χ4v) is 1.33. The zero-order valence-electron chi connectivity index (χ0n) is 9.43. The molecule has 0 spiro atoms. The van der Waals surface area contributed by atoms with Crippen molar-refractivity contribution in [2.75, 3.05) is 12.8 Å². The molecule has 0 aromatic heterocycles. The van der Waals surface area contributed by atoms with Crippen molar-refractivity contribution in [2.24, 2.45) is 0 Å². The van der Waals surface area contributed by atoms with Gasteiger partial charge in [-0.2, -0.15) is 13.2 Å². The van der Waals surface area contributed by atoms with Crippen LogP contribution in [0.1, 0.15) is 22.8 Å². The van der Waals surface area contributed by atoms with Gasteiger partial charge in [0.25, 0.3) is 0 Å². The van der Waals surface area contributed by atoms with E-state index in [1.54, 1.807) is 14.0 Å². The number of Topliss-reactive ketones (excluding diaryl/α,β-unsaturated/α-hetero) is 1. The minimum absolute atomic E-state index is 0.0971. The Hall–Kier alpha value is -1.56. The van der Waals surface area contributed by atoms with Crippen molar-refractivity contribution < 1.29 is 18.0 Å². The zero-order chi connectivity index (χ0) is 13.2. The largest absolute Gasteiger partial charge is 0.416 e. The zero-order valence-corrected chi connectivity index (χ0v) is 9.43. The summed E-state index contributed by atoms with van der Waals surface area (Å²) in [6.45, 7) is 1.61. The van der Waals surface area contributed by atoms with Gasteiger partial charge < -0.3 is 11.1 Å². The normalized spacial score (nSPS) is 13.5. The molecule has 6 heteroatoms. The standard InChI is InChI=1S/C11H13F3N2O/c1-6(16-2)10(17)8-4-3-7(5-9(8)15)11(12,13)14/h3-6,16H,15H2,1-2H3. The van der Waals surface area contributed by atoms with Crippen LogP contribution in [0.3, 0.4) is 0 Å². The molecule has 1 atom stereocenters. The number of alkyl halides is 3. The van der Waals surface area contributed by atoms with Gasteiger partial charge in [-0.1, -0.05) is 0 Å². The first-order valence-corrected chi connectivity index (χ1v) is 4.95. The summed E-state index contributed by atoms with van der Waals surface area (Å²) >= 11 is 0. The summed E-state index contributed by atoms with van der Waals surface area (Å²) in [4.78, 5) is 11.7. The van der Waals surface area contributed by atoms with Crippen molar-refractivity contribution in [2.45, 2.75) is 19.1 Å². The third-order valence-corrected chi connectivity index (χ3v) is 2.47. The van der Waals surface area contributed by atoms with Crippen LogP contribution in [-0.2, 0) is 6.18 Å². The first-order valence-electron chi connectivity index (χ1n) is 4.95. The van der Waals surface area contributed by atoms with Crippen molar-refractivity contribution in [1.29, 1.82) is 0 Å². The van der Waals surface area contributed by atoms with Gasteiger partial charge in [0.05, 0.1) is 11.6 Å². The number of nitrogens with one attached hydrogen (secondary N) is 1. The summed E-state index contributed by atoms with van der Waals surface area (Å²) in [5.41, 5.74) is 4.54. The van der Waals surface area contributed by atoms with E-state index in [4.69, 9.17) is 5.73 Å². The molecule has 0 bridgehead atoms. The number of anilines is 1. The van der Waals surface area contributed by atoms with E-state index in [9.17, 15) is 18.0 Å². The van der Waals surface area contributed by atoms with Gasteiger partial charge >= 0.3 is 6.18 Å². The Morgan fingerprint density at radius 1 is 1.41 bits per heavy atom. The van der Waals surface area contributed by atoms with E-state index < -0.39 is 17.8 Å². The minimum atomic E-state index is -4.45. The molecule has 17 heavy (non-hydrogen) atoms. The van der Waals surface area contributed by atoms with E-state index in [1.807, 2.05) is 0 Å². The van der Waals surface area contributed by atoms with Crippen molar-refractivity contribution >= 4 is 11.5 Å². The monoisotopic (exact) mass is 246 g/mol. The van der Waals surface area contributed by atoms with Gasteiger partial charge in [0, 0.05) is 11.3 Å². The Morgan fingerprint density at radius 3 is 2.41 bits per heavy atom. The van der Waals surface area contributed by atoms with Crippen LogP contribution in [0.25, 0.3) is 0 Å². The SMILES string of the molecule is CNC(C)C(=O)c1ccc(C(F)(F)F)cc1N. The van der Waals surface area contributed by atoms with Crippen LogP contribution in [0.15, 0.2) is 18.2 Å². The summed E-state index contributed by atoms with van der Waals surface area (Å²) in [7, 11) is 1.59. The molecule has 0 aliphatic heterocycles. The second-order valence-corrected chi connectivity index (χ2v) is 3.67. The van der Waals surface area contributed by atoms with Gasteiger partial charge in [-0.05, 0) is 32.2 Å². The Balaban J connectivity index is 3.11. The molecular weight excluding hydrogens is 233 g/mol. The van der Waals surface area contributed by atoms with Gasteiger partial charge in [0.2, 0.25) is 0 Å². The average molecular weight is 246 g/mol. The molecule has 0 saturated heterocycles. The van der Waals surface area contributed by atoms with Crippen LogP contribution in [0.2, 0.25) is 0 Å². The van der Waals surface area contributed by atoms with Gasteiger partial charge in [-0.3, -0.25) is 4.79 Å². The quantitative estimate of drug-likeness (QED) is 0.634. The number of carbonyl (C=O) groups excluding carboxylic acids is 1. The molecule has 0 aliphatic carbocycles. The molecule has 0 heterocycles. The lowest BCUT2D eigenvalue weighted by atomic mass is 10.0. The van der Waals surface area contributed by atoms with Crippen LogP contribution >= 0.6 is 0 Å². The fourth-order valence-electron chi connectivity index (χ4n) is 1.33. The molecule has 1 aromatic rings. The van der Waals surface area contributed by atoms with Gasteiger partial charge in [0.15, 0.2) is 5.78 Å². The van der Waals surface area contributed by atoms with Crippen LogP contribution in [0, 0.1) is 0 Å². The highest BCUT2D eigenvalue weighted by Gasteiger charge is 2.31. The summed E-state index contributed by atoms with van der Waals surface area (Å²) in [5, 5.41) is 2.71. The molecule has 1 unspecified atom stereocenters. The maximum atomic E-state index is 12.4. The lowest BCUT2D eigenvalue weighted by molar-refractivity contribution is -0.137. The maximum absolute atomic E-state index is 12.4. The number of hydrogen-bond donors (Lipinski definition) is 2. The third kappa shape index (κ3) is 2.97. The van der Waals surface area contributed by atoms with Crippen molar-refractivity contribution in [3.05, 3.63) is 29.3 Å². The van der Waals surface area contributed by atoms with Crippen LogP contribution in [0.5, 0.6) is 0 Å². The van der Waals surface area contributed by atoms with E-state index in [0.717, 1.165) is 18.2 Å². The number of rotatable bonds is 3. The van der Waals surface area contributed by atoms with Gasteiger partial charge in [-0.25, -0.2) is 0 Å². The highest BCUT2D eigenvalue weighted by Crippen LogP contribution is 2.31. The smallest absolute Gasteiger partial charge is 0.398 e. The minimum Gasteiger partial charge on any atom is -0.398 e. The van der Waals surface area contributed by atoms with E-state index in [2.05, 4.69) is 5.32 Å². The molecular formula is C11H13F3N2O. The molecule has 0 saturated carbocycles. The van der Waals surface area contributed by atoms with E-state index in [1.165, 1.54) is 0 Å². The predicted octanol–water partition coefficient (Wildman–Crippen LogP) is 2.08. The van der Waals surface area contributed by atoms with Crippen LogP contribution in [-0.4, -0.2) is 18.9 Å². The Morgan fingerprint density at radius 2 is 2.00 bits per heavy atom. The molecule has 1 aromatic carbocycles. The topological polar surface area (TPSA) is 55.1 Å². The second-order valence-electron chi connectivity index (χ2n) is 3.67. The predicted molar refractivity (Wildman–Crippen MR) is 58.7 cm³/mol. The number of ketones is 1. The number of hydrogen-bond acceptors (Lipinski definition) is 3. The van der Waals surface area contributed by atoms with Crippen molar-refractivity contribution in [3.8, 4) is 0 Å². The van der Waals surface area contributed by atoms with Crippen LogP contribution in [0.4, 0.5) is 18.9 Å². The van der Waals surface area contributed by atoms with E-state index >= 15 is 0 Å². The number of nitrogen functional groups attached to an aromatic ring is 1. The average Bonchev–Trinajstić information content (AvgIpc) is 2.25. The van der Waals surface area contributed by atoms with Crippen molar-refractivity contribution in [1.82, 2.24) is 5.32 Å². The summed E-state index contributed by atoms with van der Waals surface area (Å²) in [6.07, 6.45) is -4.45. The molecule has 3 N–H and O–H groups in total. The summed E-state index contributed by atoms with van der Waals surface area (Å²) in [5.74, 6) is -0.335. The Kier molecular flexibility index (Phi) is 3.77. The number of halogens is 3. The lowest BCUT2D eigenvalue weighted by Crippen LogP contribution is -2.31. The summed E-state index contributed by atoms with van der Waals surface area (Å²) in [6, 6.07) is 2.24. The molecule has 0 amide bonds. The number of carbonyl (C=O) groups is 1. The second kappa shape index (κ2) is 4.75. The fraction of sp³-hybridized carbons (Fsp3) is 0.364. The lowest BCUT2D eigenvalue weighted by Gasteiger charge is -2.13. The number of nitrogens with two attached hydrogens (primary N) is 1. The number of benzene rings is 1.